The van der Waals surface area contributed by atoms with Gasteiger partial charge in [-0.05, 0) is 18.6 Å². The third-order valence-corrected chi connectivity index (χ3v) is 3.92. The molecule has 0 aliphatic heterocycles. The molecule has 1 aromatic carbocycles. The maximum absolute atomic E-state index is 13.6. The zero-order chi connectivity index (χ0) is 16.6. The molecule has 8 heteroatoms. The van der Waals surface area contributed by atoms with Gasteiger partial charge in [-0.3, -0.25) is 0 Å². The van der Waals surface area contributed by atoms with Crippen molar-refractivity contribution in [3.8, 4) is 0 Å². The second kappa shape index (κ2) is 5.82. The lowest BCUT2D eigenvalue weighted by Crippen LogP contribution is -2.34. The zero-order valence-corrected chi connectivity index (χ0v) is 12.2. The predicted molar refractivity (Wildman–Crippen MR) is 69.1 cm³/mol. The van der Waals surface area contributed by atoms with Crippen molar-refractivity contribution in [2.45, 2.75) is 43.0 Å². The van der Waals surface area contributed by atoms with Crippen LogP contribution < -0.4 is 0 Å². The number of hydrogen-bond acceptors (Lipinski definition) is 2. The van der Waals surface area contributed by atoms with Crippen LogP contribution in [0.3, 0.4) is 0 Å². The molecule has 1 aromatic rings. The summed E-state index contributed by atoms with van der Waals surface area (Å²) in [5.74, 6) is -6.41. The Morgan fingerprint density at radius 2 is 1.71 bits per heavy atom. The average Bonchev–Trinajstić information content (AvgIpc) is 2.28. The fourth-order valence-electron chi connectivity index (χ4n) is 1.71. The summed E-state index contributed by atoms with van der Waals surface area (Å²) < 4.78 is 64.9. The topological polar surface area (TPSA) is 37.3 Å². The summed E-state index contributed by atoms with van der Waals surface area (Å²) in [4.78, 5) is 10.7. The summed E-state index contributed by atoms with van der Waals surface area (Å²) in [5.41, 5.74) is -1.60. The van der Waals surface area contributed by atoms with E-state index in [4.69, 9.17) is 5.11 Å². The highest BCUT2D eigenvalue weighted by atomic mass is 32.2. The molecule has 0 amide bonds. The predicted octanol–water partition coefficient (Wildman–Crippen LogP) is 4.85. The van der Waals surface area contributed by atoms with E-state index in [1.54, 1.807) is 13.8 Å². The first-order chi connectivity index (χ1) is 9.39. The van der Waals surface area contributed by atoms with E-state index in [0.29, 0.717) is 6.07 Å². The third-order valence-electron chi connectivity index (χ3n) is 2.68. The first kappa shape index (κ1) is 17.7. The SMILES string of the molecule is Cc1c(C(=O)O)ccc(C(F)(F)C(F)(F)F)c1SC(C)C. The zero-order valence-electron chi connectivity index (χ0n) is 11.4. The van der Waals surface area contributed by atoms with Crippen molar-refractivity contribution in [3.05, 3.63) is 28.8 Å². The van der Waals surface area contributed by atoms with Crippen LogP contribution in [0, 0.1) is 6.92 Å². The Balaban J connectivity index is 3.60. The molecule has 0 aromatic heterocycles. The highest BCUT2D eigenvalue weighted by Crippen LogP contribution is 2.48. The molecule has 1 N–H and O–H groups in total. The minimum Gasteiger partial charge on any atom is -0.478 e. The highest BCUT2D eigenvalue weighted by Gasteiger charge is 2.59. The number of benzene rings is 1. The van der Waals surface area contributed by atoms with Gasteiger partial charge >= 0.3 is 18.1 Å². The van der Waals surface area contributed by atoms with E-state index in [0.717, 1.165) is 17.8 Å². The molecule has 0 heterocycles. The number of thioether (sulfide) groups is 1. The summed E-state index contributed by atoms with van der Waals surface area (Å²) >= 11 is 0.783. The minimum absolute atomic E-state index is 0.0948. The van der Waals surface area contributed by atoms with Crippen molar-refractivity contribution in [1.82, 2.24) is 0 Å². The largest absolute Gasteiger partial charge is 0.478 e. The Kier molecular flexibility index (Phi) is 4.92. The molecule has 0 saturated carbocycles. The number of alkyl halides is 5. The van der Waals surface area contributed by atoms with Crippen LogP contribution in [0.25, 0.3) is 0 Å². The first-order valence-corrected chi connectivity index (χ1v) is 6.76. The van der Waals surface area contributed by atoms with Gasteiger partial charge in [-0.1, -0.05) is 19.9 Å². The fraction of sp³-hybridized carbons (Fsp3) is 0.462. The van der Waals surface area contributed by atoms with Gasteiger partial charge in [-0.2, -0.15) is 22.0 Å². The second-order valence-corrected chi connectivity index (χ2v) is 6.25. The molecular formula is C13H13F5O2S. The van der Waals surface area contributed by atoms with Crippen LogP contribution in [0.15, 0.2) is 17.0 Å². The van der Waals surface area contributed by atoms with Gasteiger partial charge in [-0.15, -0.1) is 11.8 Å². The third kappa shape index (κ3) is 3.48. The maximum Gasteiger partial charge on any atom is 0.458 e. The van der Waals surface area contributed by atoms with Crippen molar-refractivity contribution in [3.63, 3.8) is 0 Å². The molecule has 0 aliphatic rings. The number of carboxylic acid groups (broad SMARTS) is 1. The molecule has 0 atom stereocenters. The molecule has 2 nitrogen and oxygen atoms in total. The molecule has 0 spiro atoms. The molecule has 21 heavy (non-hydrogen) atoms. The van der Waals surface area contributed by atoms with Crippen molar-refractivity contribution < 1.29 is 31.9 Å². The van der Waals surface area contributed by atoms with Crippen molar-refractivity contribution in [1.29, 1.82) is 0 Å². The van der Waals surface area contributed by atoms with E-state index in [9.17, 15) is 26.7 Å². The van der Waals surface area contributed by atoms with Gasteiger partial charge in [0.1, 0.15) is 0 Å². The van der Waals surface area contributed by atoms with Gasteiger partial charge in [0.25, 0.3) is 0 Å². The van der Waals surface area contributed by atoms with Crippen LogP contribution in [0.5, 0.6) is 0 Å². The van der Waals surface area contributed by atoms with E-state index >= 15 is 0 Å². The molecule has 0 saturated heterocycles. The van der Waals surface area contributed by atoms with Gasteiger partial charge in [0.15, 0.2) is 0 Å². The number of rotatable bonds is 4. The highest BCUT2D eigenvalue weighted by molar-refractivity contribution is 8.00. The van der Waals surface area contributed by atoms with Crippen LogP contribution in [0.1, 0.15) is 35.3 Å². The lowest BCUT2D eigenvalue weighted by Gasteiger charge is -2.24. The monoisotopic (exact) mass is 328 g/mol. The van der Waals surface area contributed by atoms with Crippen molar-refractivity contribution in [2.75, 3.05) is 0 Å². The van der Waals surface area contributed by atoms with Crippen LogP contribution in [-0.4, -0.2) is 22.5 Å². The van der Waals surface area contributed by atoms with Gasteiger partial charge < -0.3 is 5.11 Å². The van der Waals surface area contributed by atoms with Gasteiger partial charge in [0, 0.05) is 15.7 Å². The first-order valence-electron chi connectivity index (χ1n) is 5.88. The van der Waals surface area contributed by atoms with Gasteiger partial charge in [-0.25, -0.2) is 4.79 Å². The molecular weight excluding hydrogens is 315 g/mol. The number of carbonyl (C=O) groups is 1. The second-order valence-electron chi connectivity index (χ2n) is 4.66. The molecule has 0 bridgehead atoms. The Hall–Kier alpha value is -1.31. The summed E-state index contributed by atoms with van der Waals surface area (Å²) in [7, 11) is 0. The van der Waals surface area contributed by atoms with Crippen LogP contribution in [0.4, 0.5) is 22.0 Å². The summed E-state index contributed by atoms with van der Waals surface area (Å²) in [5, 5.41) is 8.68. The standard InChI is InChI=1S/C13H13F5O2S/c1-6(2)21-10-7(3)8(11(19)20)4-5-9(10)12(14,15)13(16,17)18/h4-6H,1-3H3,(H,19,20). The quantitative estimate of drug-likeness (QED) is 0.634. The van der Waals surface area contributed by atoms with E-state index in [1.165, 1.54) is 6.92 Å². The summed E-state index contributed by atoms with van der Waals surface area (Å²) in [6.45, 7) is 4.46. The van der Waals surface area contributed by atoms with Crippen LogP contribution in [0.2, 0.25) is 0 Å². The number of hydrogen-bond donors (Lipinski definition) is 1. The van der Waals surface area contributed by atoms with E-state index in [1.807, 2.05) is 0 Å². The molecule has 0 unspecified atom stereocenters. The summed E-state index contributed by atoms with van der Waals surface area (Å²) in [6.07, 6.45) is -5.74. The lowest BCUT2D eigenvalue weighted by molar-refractivity contribution is -0.290. The smallest absolute Gasteiger partial charge is 0.458 e. The molecule has 0 fully saturated rings. The number of halogens is 5. The van der Waals surface area contributed by atoms with Crippen molar-refractivity contribution in [2.24, 2.45) is 0 Å². The molecule has 118 valence electrons. The Bertz CT molecular complexity index is 552. The maximum atomic E-state index is 13.6. The van der Waals surface area contributed by atoms with Gasteiger partial charge in [0.05, 0.1) is 5.56 Å². The van der Waals surface area contributed by atoms with Crippen LogP contribution >= 0.6 is 11.8 Å². The Morgan fingerprint density at radius 1 is 1.19 bits per heavy atom. The summed E-state index contributed by atoms with van der Waals surface area (Å²) in [6, 6.07) is 1.31. The van der Waals surface area contributed by atoms with E-state index < -0.39 is 23.6 Å². The molecule has 1 rings (SSSR count). The molecule has 0 aliphatic carbocycles. The van der Waals surface area contributed by atoms with E-state index in [-0.39, 0.29) is 21.3 Å². The lowest BCUT2D eigenvalue weighted by atomic mass is 10.0. The Morgan fingerprint density at radius 3 is 2.10 bits per heavy atom. The van der Waals surface area contributed by atoms with Gasteiger partial charge in [0.2, 0.25) is 0 Å². The average molecular weight is 328 g/mol. The van der Waals surface area contributed by atoms with Crippen LogP contribution in [-0.2, 0) is 5.92 Å². The van der Waals surface area contributed by atoms with Crippen molar-refractivity contribution >= 4 is 17.7 Å². The normalized spacial score (nSPS) is 12.8. The molecule has 0 radical (unpaired) electrons. The number of aromatic carboxylic acids is 1. The number of carboxylic acids is 1. The fourth-order valence-corrected chi connectivity index (χ4v) is 2.79. The van der Waals surface area contributed by atoms with E-state index in [2.05, 4.69) is 0 Å². The minimum atomic E-state index is -5.74. The Labute approximate surface area is 122 Å².